The van der Waals surface area contributed by atoms with E-state index in [4.69, 9.17) is 9.47 Å². The van der Waals surface area contributed by atoms with Gasteiger partial charge in [0.05, 0.1) is 13.0 Å². The van der Waals surface area contributed by atoms with E-state index in [1.807, 2.05) is 31.2 Å². The highest BCUT2D eigenvalue weighted by atomic mass is 16.6. The molecule has 1 unspecified atom stereocenters. The molecule has 7 heteroatoms. The predicted octanol–water partition coefficient (Wildman–Crippen LogP) is 6.33. The number of ether oxygens (including phenoxy) is 2. The van der Waals surface area contributed by atoms with Crippen LogP contribution in [0.3, 0.4) is 0 Å². The number of rotatable bonds is 17. The summed E-state index contributed by atoms with van der Waals surface area (Å²) in [6.45, 7) is 10.7. The summed E-state index contributed by atoms with van der Waals surface area (Å²) in [7, 11) is 1.49. The van der Waals surface area contributed by atoms with E-state index in [1.165, 1.54) is 25.5 Å². The summed E-state index contributed by atoms with van der Waals surface area (Å²) in [6.07, 6.45) is 7.08. The fourth-order valence-electron chi connectivity index (χ4n) is 4.42. The topological polar surface area (TPSA) is 93.7 Å². The van der Waals surface area contributed by atoms with Crippen molar-refractivity contribution in [2.45, 2.75) is 92.0 Å². The highest BCUT2D eigenvalue weighted by Gasteiger charge is 2.18. The van der Waals surface area contributed by atoms with E-state index >= 15 is 0 Å². The van der Waals surface area contributed by atoms with Crippen molar-refractivity contribution in [3.8, 4) is 11.5 Å². The van der Waals surface area contributed by atoms with Crippen molar-refractivity contribution in [2.24, 2.45) is 11.8 Å². The van der Waals surface area contributed by atoms with E-state index in [9.17, 15) is 14.4 Å². The molecule has 2 aromatic rings. The van der Waals surface area contributed by atoms with Crippen molar-refractivity contribution >= 4 is 17.8 Å². The van der Waals surface area contributed by atoms with Gasteiger partial charge in [0.1, 0.15) is 6.54 Å². The molecule has 2 rings (SSSR count). The minimum atomic E-state index is -0.597. The summed E-state index contributed by atoms with van der Waals surface area (Å²) in [5, 5.41) is 5.60. The van der Waals surface area contributed by atoms with Gasteiger partial charge in [-0.3, -0.25) is 9.59 Å². The van der Waals surface area contributed by atoms with E-state index in [0.717, 1.165) is 42.7 Å². The Kier molecular flexibility index (Phi) is 14.3. The Morgan fingerprint density at radius 3 is 2.10 bits per heavy atom. The monoisotopic (exact) mass is 552 g/mol. The Balaban J connectivity index is 1.77. The van der Waals surface area contributed by atoms with Crippen LogP contribution in [0.15, 0.2) is 42.5 Å². The van der Waals surface area contributed by atoms with Crippen LogP contribution in [0.2, 0.25) is 0 Å². The van der Waals surface area contributed by atoms with E-state index in [0.29, 0.717) is 24.6 Å². The lowest BCUT2D eigenvalue weighted by Crippen LogP contribution is -2.34. The Morgan fingerprint density at radius 2 is 1.45 bits per heavy atom. The average Bonchev–Trinajstić information content (AvgIpc) is 2.92. The van der Waals surface area contributed by atoms with Gasteiger partial charge in [-0.05, 0) is 60.4 Å². The molecular weight excluding hydrogens is 504 g/mol. The zero-order valence-electron chi connectivity index (χ0n) is 25.2. The fraction of sp³-hybridized carbons (Fsp3) is 0.545. The fourth-order valence-corrected chi connectivity index (χ4v) is 4.42. The maximum Gasteiger partial charge on any atom is 0.330 e. The van der Waals surface area contributed by atoms with Crippen LogP contribution in [0.25, 0.3) is 0 Å². The second-order valence-corrected chi connectivity index (χ2v) is 11.4. The van der Waals surface area contributed by atoms with Gasteiger partial charge >= 0.3 is 5.97 Å². The molecule has 0 saturated heterocycles. The quantitative estimate of drug-likeness (QED) is 0.136. The maximum atomic E-state index is 12.6. The molecule has 2 amide bonds. The third-order valence-electron chi connectivity index (χ3n) is 6.80. The smallest absolute Gasteiger partial charge is 0.330 e. The van der Waals surface area contributed by atoms with Gasteiger partial charge in [-0.2, -0.15) is 0 Å². The molecule has 2 N–H and O–H groups in total. The molecule has 0 aliphatic carbocycles. The first-order valence-corrected chi connectivity index (χ1v) is 14.6. The number of amides is 2. The number of carbonyl (C=O) groups is 3. The van der Waals surface area contributed by atoms with Crippen molar-refractivity contribution in [1.82, 2.24) is 10.6 Å². The molecule has 2 aromatic carbocycles. The number of carbonyl (C=O) groups excluding carboxylic acids is 3. The number of hydrogen-bond acceptors (Lipinski definition) is 5. The lowest BCUT2D eigenvalue weighted by molar-refractivity contribution is -0.135. The van der Waals surface area contributed by atoms with Crippen molar-refractivity contribution < 1.29 is 23.9 Å². The first-order chi connectivity index (χ1) is 19.1. The SMILES string of the molecule is COc1cc(CNC(=O)CCCCCCC(C)C)ccc1OC(=O)CNC(=O)C(C)c1ccc(CC(C)C)cc1. The minimum Gasteiger partial charge on any atom is -0.493 e. The molecule has 0 heterocycles. The normalized spacial score (nSPS) is 11.8. The standard InChI is InChI=1S/C33H48N2O5/c1-23(2)11-9-7-8-10-12-31(36)34-21-27-15-18-29(30(20-27)39-6)40-32(37)22-35-33(38)25(5)28-16-13-26(14-17-28)19-24(3)4/h13-18,20,23-25H,7-12,19,21-22H2,1-6H3,(H,34,36)(H,35,38). The molecule has 0 spiro atoms. The molecule has 0 aliphatic heterocycles. The number of hydrogen-bond donors (Lipinski definition) is 2. The Labute approximate surface area is 240 Å². The van der Waals surface area contributed by atoms with Crippen LogP contribution < -0.4 is 20.1 Å². The van der Waals surface area contributed by atoms with Gasteiger partial charge in [0.15, 0.2) is 11.5 Å². The van der Waals surface area contributed by atoms with Crippen LogP contribution in [-0.4, -0.2) is 31.4 Å². The zero-order valence-corrected chi connectivity index (χ0v) is 25.2. The summed E-state index contributed by atoms with van der Waals surface area (Å²) in [6, 6.07) is 13.2. The summed E-state index contributed by atoms with van der Waals surface area (Å²) >= 11 is 0. The molecule has 7 nitrogen and oxygen atoms in total. The molecule has 0 radical (unpaired) electrons. The first-order valence-electron chi connectivity index (χ1n) is 14.6. The van der Waals surface area contributed by atoms with Gasteiger partial charge < -0.3 is 20.1 Å². The summed E-state index contributed by atoms with van der Waals surface area (Å²) in [5.41, 5.74) is 2.97. The van der Waals surface area contributed by atoms with E-state index in [1.54, 1.807) is 18.2 Å². The number of benzene rings is 2. The van der Waals surface area contributed by atoms with Gasteiger partial charge in [-0.1, -0.05) is 83.7 Å². The highest BCUT2D eigenvalue weighted by Crippen LogP contribution is 2.28. The number of methoxy groups -OCH3 is 1. The van der Waals surface area contributed by atoms with Gasteiger partial charge in [-0.25, -0.2) is 4.79 Å². The van der Waals surface area contributed by atoms with E-state index in [-0.39, 0.29) is 24.1 Å². The largest absolute Gasteiger partial charge is 0.493 e. The highest BCUT2D eigenvalue weighted by molar-refractivity contribution is 5.87. The van der Waals surface area contributed by atoms with Crippen LogP contribution in [0.5, 0.6) is 11.5 Å². The van der Waals surface area contributed by atoms with Crippen molar-refractivity contribution in [2.75, 3.05) is 13.7 Å². The van der Waals surface area contributed by atoms with Crippen LogP contribution >= 0.6 is 0 Å². The molecule has 0 fully saturated rings. The third kappa shape index (κ3) is 12.2. The molecule has 1 atom stereocenters. The predicted molar refractivity (Wildman–Crippen MR) is 159 cm³/mol. The van der Waals surface area contributed by atoms with E-state index in [2.05, 4.69) is 38.3 Å². The van der Waals surface area contributed by atoms with Gasteiger partial charge in [0.25, 0.3) is 0 Å². The maximum absolute atomic E-state index is 12.6. The molecular formula is C33H48N2O5. The Morgan fingerprint density at radius 1 is 0.775 bits per heavy atom. The zero-order chi connectivity index (χ0) is 29.5. The molecule has 220 valence electrons. The van der Waals surface area contributed by atoms with Gasteiger partial charge in [-0.15, -0.1) is 0 Å². The first kappa shape index (κ1) is 32.9. The van der Waals surface area contributed by atoms with Crippen molar-refractivity contribution in [1.29, 1.82) is 0 Å². The summed E-state index contributed by atoms with van der Waals surface area (Å²) < 4.78 is 10.8. The molecule has 40 heavy (non-hydrogen) atoms. The minimum absolute atomic E-state index is 0.0230. The lowest BCUT2D eigenvalue weighted by Gasteiger charge is -2.14. The number of esters is 1. The second kappa shape index (κ2) is 17.4. The number of unbranched alkanes of at least 4 members (excludes halogenated alkanes) is 3. The third-order valence-corrected chi connectivity index (χ3v) is 6.80. The Hall–Kier alpha value is -3.35. The van der Waals surface area contributed by atoms with Crippen molar-refractivity contribution in [3.05, 3.63) is 59.2 Å². The molecule has 0 saturated carbocycles. The number of nitrogens with one attached hydrogen (secondary N) is 2. The van der Waals surface area contributed by atoms with Gasteiger partial charge in [0.2, 0.25) is 11.8 Å². The second-order valence-electron chi connectivity index (χ2n) is 11.4. The van der Waals surface area contributed by atoms with Crippen LogP contribution in [0.4, 0.5) is 0 Å². The summed E-state index contributed by atoms with van der Waals surface area (Å²) in [5.74, 6) is 0.719. The lowest BCUT2D eigenvalue weighted by atomic mass is 9.96. The Bertz CT molecular complexity index is 1080. The van der Waals surface area contributed by atoms with Crippen molar-refractivity contribution in [3.63, 3.8) is 0 Å². The molecule has 0 aliphatic rings. The summed E-state index contributed by atoms with van der Waals surface area (Å²) in [4.78, 5) is 37.3. The van der Waals surface area contributed by atoms with Crippen LogP contribution in [-0.2, 0) is 27.3 Å². The van der Waals surface area contributed by atoms with Crippen LogP contribution in [0.1, 0.15) is 95.8 Å². The molecule has 0 bridgehead atoms. The molecule has 0 aromatic heterocycles. The van der Waals surface area contributed by atoms with E-state index < -0.39 is 11.9 Å². The average molecular weight is 553 g/mol. The van der Waals surface area contributed by atoms with Gasteiger partial charge in [0, 0.05) is 13.0 Å². The van der Waals surface area contributed by atoms with Crippen LogP contribution in [0, 0.1) is 11.8 Å².